The van der Waals surface area contributed by atoms with E-state index in [1.807, 2.05) is 23.7 Å². The minimum absolute atomic E-state index is 0.217. The van der Waals surface area contributed by atoms with Crippen LogP contribution in [0.4, 0.5) is 4.39 Å². The summed E-state index contributed by atoms with van der Waals surface area (Å²) >= 11 is 0. The lowest BCUT2D eigenvalue weighted by atomic mass is 10.1. The smallest absolute Gasteiger partial charge is 0.140 e. The van der Waals surface area contributed by atoms with Gasteiger partial charge in [-0.1, -0.05) is 0 Å². The van der Waals surface area contributed by atoms with Crippen molar-refractivity contribution in [1.82, 2.24) is 9.55 Å². The van der Waals surface area contributed by atoms with Gasteiger partial charge in [0.1, 0.15) is 11.5 Å². The summed E-state index contributed by atoms with van der Waals surface area (Å²) in [4.78, 5) is 4.33. The zero-order valence-electron chi connectivity index (χ0n) is 9.39. The fourth-order valence-corrected chi connectivity index (χ4v) is 2.06. The Labute approximate surface area is 98.3 Å². The van der Waals surface area contributed by atoms with Crippen molar-refractivity contribution in [3.05, 3.63) is 54.5 Å². The van der Waals surface area contributed by atoms with Crippen LogP contribution in [0.3, 0.4) is 0 Å². The normalized spacial score (nSPS) is 10.9. The van der Waals surface area contributed by atoms with Crippen molar-refractivity contribution < 1.29 is 4.39 Å². The molecule has 0 aliphatic carbocycles. The molecule has 1 aromatic carbocycles. The van der Waals surface area contributed by atoms with Crippen molar-refractivity contribution in [2.75, 3.05) is 0 Å². The summed E-state index contributed by atoms with van der Waals surface area (Å²) < 4.78 is 14.9. The number of aromatic nitrogens is 2. The summed E-state index contributed by atoms with van der Waals surface area (Å²) in [6.45, 7) is 0. The van der Waals surface area contributed by atoms with Crippen LogP contribution in [0, 0.1) is 5.82 Å². The predicted molar refractivity (Wildman–Crippen MR) is 66.1 cm³/mol. The van der Waals surface area contributed by atoms with Crippen LogP contribution >= 0.6 is 0 Å². The Morgan fingerprint density at radius 3 is 2.59 bits per heavy atom. The fraction of sp³-hybridized carbons (Fsp3) is 0.0714. The number of fused-ring (bicyclic) bond motifs is 1. The highest BCUT2D eigenvalue weighted by Crippen LogP contribution is 2.25. The van der Waals surface area contributed by atoms with Gasteiger partial charge in [0.15, 0.2) is 0 Å². The highest BCUT2D eigenvalue weighted by Gasteiger charge is 2.07. The maximum atomic E-state index is 12.9. The maximum Gasteiger partial charge on any atom is 0.140 e. The summed E-state index contributed by atoms with van der Waals surface area (Å²) in [7, 11) is 1.97. The lowest BCUT2D eigenvalue weighted by Gasteiger charge is -2.03. The van der Waals surface area contributed by atoms with Crippen molar-refractivity contribution >= 4 is 11.0 Å². The van der Waals surface area contributed by atoms with Gasteiger partial charge < -0.3 is 4.57 Å². The molecule has 0 saturated carbocycles. The zero-order chi connectivity index (χ0) is 11.8. The minimum Gasteiger partial charge on any atom is -0.328 e. The van der Waals surface area contributed by atoms with Crippen LogP contribution in [0.25, 0.3) is 22.3 Å². The molecule has 17 heavy (non-hydrogen) atoms. The first-order valence-corrected chi connectivity index (χ1v) is 5.42. The number of benzene rings is 1. The van der Waals surface area contributed by atoms with E-state index in [1.165, 1.54) is 12.1 Å². The number of pyridine rings is 1. The van der Waals surface area contributed by atoms with Gasteiger partial charge in [-0.3, -0.25) is 0 Å². The molecule has 0 bridgehead atoms. The van der Waals surface area contributed by atoms with Crippen molar-refractivity contribution in [2.24, 2.45) is 7.05 Å². The molecule has 3 aromatic rings. The van der Waals surface area contributed by atoms with E-state index in [1.54, 1.807) is 18.3 Å². The Balaban J connectivity index is 2.24. The molecule has 0 aliphatic rings. The molecule has 0 fully saturated rings. The molecule has 0 N–H and O–H groups in total. The fourth-order valence-electron chi connectivity index (χ4n) is 2.06. The van der Waals surface area contributed by atoms with Crippen molar-refractivity contribution in [2.45, 2.75) is 0 Å². The van der Waals surface area contributed by atoms with Crippen molar-refractivity contribution in [3.63, 3.8) is 0 Å². The maximum absolute atomic E-state index is 12.9. The molecule has 2 nitrogen and oxygen atoms in total. The Kier molecular flexibility index (Phi) is 2.18. The van der Waals surface area contributed by atoms with Crippen molar-refractivity contribution in [3.8, 4) is 11.3 Å². The van der Waals surface area contributed by atoms with Gasteiger partial charge in [0.25, 0.3) is 0 Å². The average Bonchev–Trinajstić information content (AvgIpc) is 2.69. The number of nitrogens with zero attached hydrogens (tertiary/aromatic N) is 2. The first-order chi connectivity index (χ1) is 8.25. The third kappa shape index (κ3) is 1.60. The second-order valence-corrected chi connectivity index (χ2v) is 4.01. The lowest BCUT2D eigenvalue weighted by molar-refractivity contribution is 0.628. The molecule has 3 heteroatoms. The van der Waals surface area contributed by atoms with E-state index in [0.29, 0.717) is 0 Å². The van der Waals surface area contributed by atoms with Gasteiger partial charge in [0.2, 0.25) is 0 Å². The average molecular weight is 226 g/mol. The second kappa shape index (κ2) is 3.70. The van der Waals surface area contributed by atoms with E-state index in [2.05, 4.69) is 11.1 Å². The Morgan fingerprint density at radius 2 is 1.88 bits per heavy atom. The van der Waals surface area contributed by atoms with E-state index in [-0.39, 0.29) is 5.82 Å². The number of hydrogen-bond donors (Lipinski definition) is 0. The van der Waals surface area contributed by atoms with Crippen LogP contribution in [0.1, 0.15) is 0 Å². The third-order valence-corrected chi connectivity index (χ3v) is 2.93. The summed E-state index contributed by atoms with van der Waals surface area (Å²) in [5, 5.41) is 1.09. The molecule has 0 radical (unpaired) electrons. The first kappa shape index (κ1) is 10.0. The molecular formula is C14H11FN2. The number of rotatable bonds is 1. The number of aryl methyl sites for hydroxylation is 1. The molecule has 0 atom stereocenters. The number of hydrogen-bond acceptors (Lipinski definition) is 1. The lowest BCUT2D eigenvalue weighted by Crippen LogP contribution is -1.92. The van der Waals surface area contributed by atoms with Crippen LogP contribution in [0.2, 0.25) is 0 Å². The molecule has 84 valence electrons. The molecule has 0 amide bonds. The Hall–Kier alpha value is -2.16. The van der Waals surface area contributed by atoms with Gasteiger partial charge in [-0.15, -0.1) is 0 Å². The van der Waals surface area contributed by atoms with E-state index in [4.69, 9.17) is 0 Å². The van der Waals surface area contributed by atoms with Gasteiger partial charge in [-0.05, 0) is 48.0 Å². The molecule has 2 heterocycles. The number of halogens is 1. The van der Waals surface area contributed by atoms with E-state index in [0.717, 1.165) is 22.3 Å². The van der Waals surface area contributed by atoms with Crippen LogP contribution in [-0.2, 0) is 7.05 Å². The summed E-state index contributed by atoms with van der Waals surface area (Å²) in [6.07, 6.45) is 1.77. The van der Waals surface area contributed by atoms with E-state index >= 15 is 0 Å². The molecule has 0 spiro atoms. The van der Waals surface area contributed by atoms with Gasteiger partial charge in [-0.2, -0.15) is 0 Å². The van der Waals surface area contributed by atoms with Crippen molar-refractivity contribution in [1.29, 1.82) is 0 Å². The molecule has 2 aromatic heterocycles. The quantitative estimate of drug-likeness (QED) is 0.622. The Bertz CT molecular complexity index is 668. The first-order valence-electron chi connectivity index (χ1n) is 5.42. The van der Waals surface area contributed by atoms with Crippen LogP contribution in [0.5, 0.6) is 0 Å². The molecular weight excluding hydrogens is 215 g/mol. The van der Waals surface area contributed by atoms with Gasteiger partial charge in [-0.25, -0.2) is 9.37 Å². The third-order valence-electron chi connectivity index (χ3n) is 2.93. The van der Waals surface area contributed by atoms with Crippen LogP contribution in [0.15, 0.2) is 48.7 Å². The van der Waals surface area contributed by atoms with Gasteiger partial charge >= 0.3 is 0 Å². The zero-order valence-corrected chi connectivity index (χ0v) is 9.39. The largest absolute Gasteiger partial charge is 0.328 e. The van der Waals surface area contributed by atoms with Crippen LogP contribution < -0.4 is 0 Å². The SMILES string of the molecule is Cn1c(-c2ccc(F)cc2)cc2cccnc21. The highest BCUT2D eigenvalue weighted by atomic mass is 19.1. The molecule has 0 unspecified atom stereocenters. The van der Waals surface area contributed by atoms with Gasteiger partial charge in [0, 0.05) is 18.6 Å². The minimum atomic E-state index is -0.217. The second-order valence-electron chi connectivity index (χ2n) is 4.01. The van der Waals surface area contributed by atoms with E-state index < -0.39 is 0 Å². The predicted octanol–water partition coefficient (Wildman–Crippen LogP) is 3.38. The topological polar surface area (TPSA) is 17.8 Å². The summed E-state index contributed by atoms with van der Waals surface area (Å²) in [5.74, 6) is -0.217. The van der Waals surface area contributed by atoms with Gasteiger partial charge in [0.05, 0.1) is 5.69 Å². The monoisotopic (exact) mass is 226 g/mol. The highest BCUT2D eigenvalue weighted by molar-refractivity contribution is 5.83. The summed E-state index contributed by atoms with van der Waals surface area (Å²) in [6, 6.07) is 12.5. The van der Waals surface area contributed by atoms with Crippen LogP contribution in [-0.4, -0.2) is 9.55 Å². The Morgan fingerprint density at radius 1 is 1.12 bits per heavy atom. The molecule has 0 saturated heterocycles. The van der Waals surface area contributed by atoms with E-state index in [9.17, 15) is 4.39 Å². The summed E-state index contributed by atoms with van der Waals surface area (Å²) in [5.41, 5.74) is 2.97. The molecule has 0 aliphatic heterocycles. The standard InChI is InChI=1S/C14H11FN2/c1-17-13(10-4-6-12(15)7-5-10)9-11-3-2-8-16-14(11)17/h2-9H,1H3. The molecule has 3 rings (SSSR count).